The third-order valence-corrected chi connectivity index (χ3v) is 12.6. The quantitative estimate of drug-likeness (QED) is 0.174. The molecule has 288 valence electrons. The van der Waals surface area contributed by atoms with Crippen molar-refractivity contribution >= 4 is 10.8 Å². The van der Waals surface area contributed by atoms with Gasteiger partial charge in [0, 0.05) is 27.8 Å². The molecular formula is C58H35N3O. The second kappa shape index (κ2) is 14.1. The Labute approximate surface area is 359 Å². The number of hydrogen-bond acceptors (Lipinski definition) is 4. The fraction of sp³-hybridized carbons (Fsp3) is 0.0172. The molecule has 1 spiro atoms. The Bertz CT molecular complexity index is 3390. The molecule has 1 aromatic heterocycles. The van der Waals surface area contributed by atoms with Gasteiger partial charge in [-0.05, 0) is 97.7 Å². The highest BCUT2D eigenvalue weighted by Gasteiger charge is 2.51. The molecule has 1 unspecified atom stereocenters. The first-order valence-corrected chi connectivity index (χ1v) is 20.9. The summed E-state index contributed by atoms with van der Waals surface area (Å²) < 4.78 is 6.87. The number of rotatable bonds is 5. The number of nitriles is 1. The van der Waals surface area contributed by atoms with Crippen molar-refractivity contribution < 1.29 is 4.74 Å². The van der Waals surface area contributed by atoms with Gasteiger partial charge in [0.05, 0.1) is 28.4 Å². The summed E-state index contributed by atoms with van der Waals surface area (Å²) in [7, 11) is 0. The van der Waals surface area contributed by atoms with E-state index in [0.717, 1.165) is 83.7 Å². The summed E-state index contributed by atoms with van der Waals surface area (Å²) in [5, 5.41) is 11.8. The van der Waals surface area contributed by atoms with Crippen LogP contribution in [-0.2, 0) is 5.41 Å². The predicted molar refractivity (Wildman–Crippen MR) is 249 cm³/mol. The van der Waals surface area contributed by atoms with Gasteiger partial charge >= 0.3 is 0 Å². The summed E-state index contributed by atoms with van der Waals surface area (Å²) >= 11 is 0. The molecular weight excluding hydrogens is 755 g/mol. The molecule has 10 aromatic rings. The molecule has 4 nitrogen and oxygen atoms in total. The van der Waals surface area contributed by atoms with Crippen molar-refractivity contribution in [3.05, 3.63) is 240 Å². The van der Waals surface area contributed by atoms with Crippen LogP contribution in [0.1, 0.15) is 27.8 Å². The van der Waals surface area contributed by atoms with Crippen molar-refractivity contribution in [1.82, 2.24) is 9.97 Å². The van der Waals surface area contributed by atoms with E-state index in [0.29, 0.717) is 11.4 Å². The van der Waals surface area contributed by atoms with Crippen LogP contribution in [0.2, 0.25) is 0 Å². The van der Waals surface area contributed by atoms with Crippen LogP contribution in [0.4, 0.5) is 0 Å². The maximum absolute atomic E-state index is 9.46. The van der Waals surface area contributed by atoms with Crippen molar-refractivity contribution in [2.24, 2.45) is 0 Å². The van der Waals surface area contributed by atoms with Crippen LogP contribution in [-0.4, -0.2) is 9.97 Å². The number of hydrogen-bond donors (Lipinski definition) is 0. The molecule has 0 amide bonds. The molecule has 2 heterocycles. The van der Waals surface area contributed by atoms with E-state index < -0.39 is 5.41 Å². The summed E-state index contributed by atoms with van der Waals surface area (Å²) in [6.45, 7) is 0. The van der Waals surface area contributed by atoms with Crippen molar-refractivity contribution in [2.75, 3.05) is 0 Å². The lowest BCUT2D eigenvalue weighted by molar-refractivity contribution is 0.436. The first-order chi connectivity index (χ1) is 30.7. The minimum Gasteiger partial charge on any atom is -0.457 e. The minimum absolute atomic E-state index is 0.648. The third kappa shape index (κ3) is 5.46. The topological polar surface area (TPSA) is 58.8 Å². The van der Waals surface area contributed by atoms with Crippen LogP contribution in [0.15, 0.2) is 212 Å². The molecule has 0 saturated carbocycles. The molecule has 9 aromatic carbocycles. The average molecular weight is 790 g/mol. The summed E-state index contributed by atoms with van der Waals surface area (Å²) in [6, 6.07) is 76.8. The average Bonchev–Trinajstić information content (AvgIpc) is 3.64. The standard InChI is InChI=1S/C58H35N3O/c59-36-37-23-25-38(26-24-37)43-30-31-44(46-18-8-7-17-45(43)46)41-28-32-56-52(33-41)58(50-21-11-12-22-55(50)62-56)49-20-10-9-19-47(49)48-29-27-42(34-51(48)58)54-35-53(39-13-3-1-4-14-39)60-57(61-54)40-15-5-2-6-16-40/h1-35H. The Morgan fingerprint density at radius 3 is 1.65 bits per heavy atom. The van der Waals surface area contributed by atoms with Gasteiger partial charge in [-0.3, -0.25) is 0 Å². The van der Waals surface area contributed by atoms with Crippen molar-refractivity contribution in [1.29, 1.82) is 5.26 Å². The van der Waals surface area contributed by atoms with E-state index in [1.807, 2.05) is 48.5 Å². The maximum Gasteiger partial charge on any atom is 0.160 e. The van der Waals surface area contributed by atoms with Crippen LogP contribution < -0.4 is 4.74 Å². The van der Waals surface area contributed by atoms with E-state index in [2.05, 4.69) is 170 Å². The van der Waals surface area contributed by atoms with E-state index in [9.17, 15) is 5.26 Å². The maximum atomic E-state index is 9.46. The highest BCUT2D eigenvalue weighted by molar-refractivity contribution is 6.05. The molecule has 0 saturated heterocycles. The smallest absolute Gasteiger partial charge is 0.160 e. The van der Waals surface area contributed by atoms with Gasteiger partial charge in [-0.1, -0.05) is 170 Å². The van der Waals surface area contributed by atoms with Gasteiger partial charge < -0.3 is 4.74 Å². The monoisotopic (exact) mass is 789 g/mol. The van der Waals surface area contributed by atoms with E-state index >= 15 is 0 Å². The zero-order valence-electron chi connectivity index (χ0n) is 33.5. The number of aromatic nitrogens is 2. The Hall–Kier alpha value is -8.39. The molecule has 0 N–H and O–H groups in total. The molecule has 0 radical (unpaired) electrons. The fourth-order valence-corrected chi connectivity index (χ4v) is 9.82. The van der Waals surface area contributed by atoms with Crippen molar-refractivity contribution in [3.8, 4) is 84.9 Å². The summed E-state index contributed by atoms with van der Waals surface area (Å²) in [4.78, 5) is 10.4. The van der Waals surface area contributed by atoms with Gasteiger partial charge in [0.2, 0.25) is 0 Å². The van der Waals surface area contributed by atoms with E-state index in [1.54, 1.807) is 0 Å². The predicted octanol–water partition coefficient (Wildman–Crippen LogP) is 14.3. The van der Waals surface area contributed by atoms with Crippen LogP contribution in [0, 0.1) is 11.3 Å². The minimum atomic E-state index is -0.697. The van der Waals surface area contributed by atoms with E-state index in [1.165, 1.54) is 22.3 Å². The van der Waals surface area contributed by atoms with Crippen LogP contribution in [0.25, 0.3) is 78.1 Å². The Morgan fingerprint density at radius 2 is 0.903 bits per heavy atom. The summed E-state index contributed by atoms with van der Waals surface area (Å²) in [5.74, 6) is 2.36. The highest BCUT2D eigenvalue weighted by atomic mass is 16.5. The molecule has 1 aliphatic heterocycles. The summed E-state index contributed by atoms with van der Waals surface area (Å²) in [6.07, 6.45) is 0. The zero-order valence-corrected chi connectivity index (χ0v) is 33.5. The van der Waals surface area contributed by atoms with E-state index in [-0.39, 0.29) is 0 Å². The number of ether oxygens (including phenoxy) is 1. The Morgan fingerprint density at radius 1 is 0.371 bits per heavy atom. The van der Waals surface area contributed by atoms with E-state index in [4.69, 9.17) is 14.7 Å². The van der Waals surface area contributed by atoms with Gasteiger partial charge in [0.15, 0.2) is 5.82 Å². The normalized spacial score (nSPS) is 14.3. The Balaban J connectivity index is 1.09. The molecule has 1 atom stereocenters. The summed E-state index contributed by atoms with van der Waals surface area (Å²) in [5.41, 5.74) is 16.1. The van der Waals surface area contributed by atoms with Crippen molar-refractivity contribution in [2.45, 2.75) is 5.41 Å². The lowest BCUT2D eigenvalue weighted by Crippen LogP contribution is -2.32. The molecule has 4 heteroatoms. The molecule has 1 aliphatic carbocycles. The van der Waals surface area contributed by atoms with Gasteiger partial charge in [0.25, 0.3) is 0 Å². The molecule has 2 aliphatic rings. The van der Waals surface area contributed by atoms with Gasteiger partial charge in [-0.25, -0.2) is 9.97 Å². The largest absolute Gasteiger partial charge is 0.457 e. The second-order valence-corrected chi connectivity index (χ2v) is 16.0. The SMILES string of the molecule is N#Cc1ccc(-c2ccc(-c3ccc4c(c3)C3(c5ccccc5O4)c4ccccc4-c4ccc(-c5cc(-c6ccccc6)nc(-c6ccccc6)n5)cc43)c3ccccc23)cc1. The third-order valence-electron chi connectivity index (χ3n) is 12.6. The second-order valence-electron chi connectivity index (χ2n) is 16.0. The van der Waals surface area contributed by atoms with Crippen LogP contribution in [0.3, 0.4) is 0 Å². The lowest BCUT2D eigenvalue weighted by atomic mass is 9.65. The highest BCUT2D eigenvalue weighted by Crippen LogP contribution is 2.63. The number of benzene rings is 9. The van der Waals surface area contributed by atoms with Crippen LogP contribution in [0.5, 0.6) is 11.5 Å². The number of nitrogens with zero attached hydrogens (tertiary/aromatic N) is 3. The Kier molecular flexibility index (Phi) is 8.10. The zero-order chi connectivity index (χ0) is 41.2. The first-order valence-electron chi connectivity index (χ1n) is 20.9. The lowest BCUT2D eigenvalue weighted by Gasteiger charge is -2.39. The van der Waals surface area contributed by atoms with Gasteiger partial charge in [0.1, 0.15) is 11.5 Å². The number of para-hydroxylation sites is 1. The fourth-order valence-electron chi connectivity index (χ4n) is 9.82. The van der Waals surface area contributed by atoms with Crippen molar-refractivity contribution in [3.63, 3.8) is 0 Å². The van der Waals surface area contributed by atoms with Gasteiger partial charge in [-0.15, -0.1) is 0 Å². The molecule has 0 bridgehead atoms. The molecule has 62 heavy (non-hydrogen) atoms. The number of fused-ring (bicyclic) bond motifs is 10. The van der Waals surface area contributed by atoms with Crippen LogP contribution >= 0.6 is 0 Å². The first kappa shape index (κ1) is 35.5. The molecule has 12 rings (SSSR count). The molecule has 0 fully saturated rings. The van der Waals surface area contributed by atoms with Gasteiger partial charge in [-0.2, -0.15) is 5.26 Å².